The van der Waals surface area contributed by atoms with E-state index in [9.17, 15) is 5.11 Å². The second-order valence-electron chi connectivity index (χ2n) is 4.52. The fourth-order valence-electron chi connectivity index (χ4n) is 1.56. The molecular weight excluding hydrogens is 329 g/mol. The van der Waals surface area contributed by atoms with E-state index in [0.717, 1.165) is 18.2 Å². The minimum Gasteiger partial charge on any atom is -0.491 e. The average molecular weight is 347 g/mol. The highest BCUT2D eigenvalue weighted by Crippen LogP contribution is 2.27. The monoisotopic (exact) mass is 347 g/mol. The standard InChI is InChI=1S/C13H18INO2/c14-11-3-5-13(6-4-11)17-9-12(16)8-15-7-10-1-2-10/h3-6,10,12,15-16H,1-2,7-9H2. The Hall–Kier alpha value is -0.330. The number of nitrogens with one attached hydrogen (secondary N) is 1. The lowest BCUT2D eigenvalue weighted by molar-refractivity contribution is 0.106. The summed E-state index contributed by atoms with van der Waals surface area (Å²) in [6, 6.07) is 7.83. The molecule has 17 heavy (non-hydrogen) atoms. The molecule has 1 aliphatic rings. The van der Waals surface area contributed by atoms with Crippen molar-refractivity contribution in [3.8, 4) is 5.75 Å². The van der Waals surface area contributed by atoms with E-state index >= 15 is 0 Å². The molecule has 4 heteroatoms. The van der Waals surface area contributed by atoms with Gasteiger partial charge in [-0.25, -0.2) is 0 Å². The Morgan fingerprint density at radius 3 is 2.71 bits per heavy atom. The molecule has 1 atom stereocenters. The van der Waals surface area contributed by atoms with Crippen molar-refractivity contribution >= 4 is 22.6 Å². The summed E-state index contributed by atoms with van der Waals surface area (Å²) in [7, 11) is 0. The van der Waals surface area contributed by atoms with Crippen LogP contribution >= 0.6 is 22.6 Å². The molecule has 0 spiro atoms. The third kappa shape index (κ3) is 5.23. The first kappa shape index (κ1) is 13.1. The van der Waals surface area contributed by atoms with Crippen LogP contribution in [0.5, 0.6) is 5.75 Å². The summed E-state index contributed by atoms with van der Waals surface area (Å²) in [5.74, 6) is 1.66. The van der Waals surface area contributed by atoms with Crippen LogP contribution in [0.15, 0.2) is 24.3 Å². The summed E-state index contributed by atoms with van der Waals surface area (Å²) in [5, 5.41) is 13.0. The lowest BCUT2D eigenvalue weighted by atomic mass is 10.3. The average Bonchev–Trinajstić information content (AvgIpc) is 3.12. The Bertz CT molecular complexity index is 338. The Morgan fingerprint density at radius 1 is 1.35 bits per heavy atom. The maximum absolute atomic E-state index is 9.71. The van der Waals surface area contributed by atoms with Gasteiger partial charge in [0, 0.05) is 10.1 Å². The summed E-state index contributed by atoms with van der Waals surface area (Å²) in [4.78, 5) is 0. The van der Waals surface area contributed by atoms with Crippen LogP contribution in [0.25, 0.3) is 0 Å². The zero-order valence-electron chi connectivity index (χ0n) is 9.73. The van der Waals surface area contributed by atoms with E-state index in [1.165, 1.54) is 16.4 Å². The van der Waals surface area contributed by atoms with Crippen LogP contribution in [-0.4, -0.2) is 30.9 Å². The van der Waals surface area contributed by atoms with Gasteiger partial charge in [0.05, 0.1) is 0 Å². The molecule has 0 amide bonds. The molecule has 1 saturated carbocycles. The van der Waals surface area contributed by atoms with Crippen LogP contribution < -0.4 is 10.1 Å². The van der Waals surface area contributed by atoms with Crippen molar-refractivity contribution < 1.29 is 9.84 Å². The van der Waals surface area contributed by atoms with E-state index in [1.54, 1.807) is 0 Å². The van der Waals surface area contributed by atoms with Crippen LogP contribution in [0, 0.1) is 9.49 Å². The lowest BCUT2D eigenvalue weighted by Gasteiger charge is -2.13. The number of halogens is 1. The Morgan fingerprint density at radius 2 is 2.06 bits per heavy atom. The largest absolute Gasteiger partial charge is 0.491 e. The van der Waals surface area contributed by atoms with Crippen molar-refractivity contribution in [1.29, 1.82) is 0 Å². The number of aliphatic hydroxyl groups is 1. The minimum absolute atomic E-state index is 0.345. The molecule has 1 aromatic rings. The van der Waals surface area contributed by atoms with Gasteiger partial charge in [0.25, 0.3) is 0 Å². The molecule has 1 unspecified atom stereocenters. The van der Waals surface area contributed by atoms with Gasteiger partial charge in [-0.1, -0.05) is 0 Å². The van der Waals surface area contributed by atoms with Gasteiger partial charge in [-0.05, 0) is 72.2 Å². The lowest BCUT2D eigenvalue weighted by Crippen LogP contribution is -2.32. The number of rotatable bonds is 7. The molecule has 1 aliphatic carbocycles. The quantitative estimate of drug-likeness (QED) is 0.742. The Labute approximate surface area is 116 Å². The maximum atomic E-state index is 9.71. The highest BCUT2D eigenvalue weighted by atomic mass is 127. The number of benzene rings is 1. The molecule has 1 fully saturated rings. The minimum atomic E-state index is -0.437. The second kappa shape index (κ2) is 6.56. The van der Waals surface area contributed by atoms with Gasteiger partial charge in [0.1, 0.15) is 18.5 Å². The van der Waals surface area contributed by atoms with E-state index in [1.807, 2.05) is 24.3 Å². The van der Waals surface area contributed by atoms with Gasteiger partial charge < -0.3 is 15.2 Å². The maximum Gasteiger partial charge on any atom is 0.119 e. The molecule has 94 valence electrons. The molecule has 2 N–H and O–H groups in total. The molecule has 0 heterocycles. The van der Waals surface area contributed by atoms with Crippen LogP contribution in [-0.2, 0) is 0 Å². The Kier molecular flexibility index (Phi) is 5.06. The van der Waals surface area contributed by atoms with Crippen molar-refractivity contribution in [3.63, 3.8) is 0 Å². The summed E-state index contributed by atoms with van der Waals surface area (Å²) in [5.41, 5.74) is 0. The molecule has 0 aliphatic heterocycles. The third-order valence-corrected chi connectivity index (χ3v) is 3.49. The fourth-order valence-corrected chi connectivity index (χ4v) is 1.92. The van der Waals surface area contributed by atoms with E-state index in [-0.39, 0.29) is 0 Å². The van der Waals surface area contributed by atoms with Gasteiger partial charge in [-0.2, -0.15) is 0 Å². The highest BCUT2D eigenvalue weighted by Gasteiger charge is 2.20. The second-order valence-corrected chi connectivity index (χ2v) is 5.77. The highest BCUT2D eigenvalue weighted by molar-refractivity contribution is 14.1. The molecule has 0 aromatic heterocycles. The Balaban J connectivity index is 1.60. The van der Waals surface area contributed by atoms with Crippen molar-refractivity contribution in [2.24, 2.45) is 5.92 Å². The van der Waals surface area contributed by atoms with Crippen LogP contribution in [0.4, 0.5) is 0 Å². The first-order valence-electron chi connectivity index (χ1n) is 6.01. The summed E-state index contributed by atoms with van der Waals surface area (Å²) in [6.07, 6.45) is 2.23. The summed E-state index contributed by atoms with van der Waals surface area (Å²) >= 11 is 2.25. The van der Waals surface area contributed by atoms with Crippen molar-refractivity contribution in [1.82, 2.24) is 5.32 Å². The molecule has 0 radical (unpaired) electrons. The number of hydrogen-bond acceptors (Lipinski definition) is 3. The number of hydrogen-bond donors (Lipinski definition) is 2. The zero-order chi connectivity index (χ0) is 12.1. The molecule has 0 saturated heterocycles. The van der Waals surface area contributed by atoms with Gasteiger partial charge in [0.15, 0.2) is 0 Å². The SMILES string of the molecule is OC(CNCC1CC1)COc1ccc(I)cc1. The van der Waals surface area contributed by atoms with Gasteiger partial charge >= 0.3 is 0 Å². The normalized spacial score (nSPS) is 16.8. The summed E-state index contributed by atoms with van der Waals surface area (Å²) in [6.45, 7) is 1.99. The first-order chi connectivity index (χ1) is 8.24. The van der Waals surface area contributed by atoms with E-state index in [4.69, 9.17) is 4.74 Å². The summed E-state index contributed by atoms with van der Waals surface area (Å²) < 4.78 is 6.68. The predicted molar refractivity (Wildman–Crippen MR) is 76.3 cm³/mol. The number of ether oxygens (including phenoxy) is 1. The predicted octanol–water partition coefficient (Wildman–Crippen LogP) is 2.03. The molecular formula is C13H18INO2. The van der Waals surface area contributed by atoms with Gasteiger partial charge in [0.2, 0.25) is 0 Å². The van der Waals surface area contributed by atoms with Crippen LogP contribution in [0.3, 0.4) is 0 Å². The van der Waals surface area contributed by atoms with E-state index in [0.29, 0.717) is 13.2 Å². The third-order valence-electron chi connectivity index (χ3n) is 2.77. The molecule has 3 nitrogen and oxygen atoms in total. The topological polar surface area (TPSA) is 41.5 Å². The smallest absolute Gasteiger partial charge is 0.119 e. The zero-order valence-corrected chi connectivity index (χ0v) is 11.9. The van der Waals surface area contributed by atoms with E-state index in [2.05, 4.69) is 27.9 Å². The molecule has 2 rings (SSSR count). The molecule has 0 bridgehead atoms. The van der Waals surface area contributed by atoms with Crippen molar-refractivity contribution in [2.75, 3.05) is 19.7 Å². The first-order valence-corrected chi connectivity index (χ1v) is 7.09. The molecule has 1 aromatic carbocycles. The van der Waals surface area contributed by atoms with Crippen molar-refractivity contribution in [2.45, 2.75) is 18.9 Å². The van der Waals surface area contributed by atoms with Crippen LogP contribution in [0.2, 0.25) is 0 Å². The fraction of sp³-hybridized carbons (Fsp3) is 0.538. The number of aliphatic hydroxyl groups excluding tert-OH is 1. The van der Waals surface area contributed by atoms with Gasteiger partial charge in [-0.15, -0.1) is 0 Å². The van der Waals surface area contributed by atoms with E-state index < -0.39 is 6.10 Å². The van der Waals surface area contributed by atoms with Crippen molar-refractivity contribution in [3.05, 3.63) is 27.8 Å². The van der Waals surface area contributed by atoms with Gasteiger partial charge in [-0.3, -0.25) is 0 Å². The van der Waals surface area contributed by atoms with Crippen LogP contribution in [0.1, 0.15) is 12.8 Å².